The molecule has 3 N–H and O–H groups in total. The van der Waals surface area contributed by atoms with E-state index in [2.05, 4.69) is 15.0 Å². The van der Waals surface area contributed by atoms with E-state index in [1.165, 1.54) is 0 Å². The molecular weight excluding hydrogens is 290 g/mol. The van der Waals surface area contributed by atoms with E-state index in [4.69, 9.17) is 19.9 Å². The van der Waals surface area contributed by atoms with Crippen LogP contribution in [0.5, 0.6) is 0 Å². The zero-order chi connectivity index (χ0) is 15.9. The number of imidazole rings is 1. The molecule has 0 radical (unpaired) electrons. The van der Waals surface area contributed by atoms with Gasteiger partial charge in [0.1, 0.15) is 29.7 Å². The van der Waals surface area contributed by atoms with Gasteiger partial charge in [-0.05, 0) is 6.92 Å². The Morgan fingerprint density at radius 1 is 1.32 bits per heavy atom. The van der Waals surface area contributed by atoms with Gasteiger partial charge in [0.05, 0.1) is 12.9 Å². The first-order valence-electron chi connectivity index (χ1n) is 6.89. The Morgan fingerprint density at radius 3 is 2.68 bits per heavy atom. The molecule has 0 aliphatic carbocycles. The maximum Gasteiger partial charge on any atom is 0.167 e. The second-order valence-electron chi connectivity index (χ2n) is 5.13. The van der Waals surface area contributed by atoms with Crippen molar-refractivity contribution < 1.29 is 19.3 Å². The minimum atomic E-state index is -0.522. The molecule has 0 spiro atoms. The Hall–Kier alpha value is -1.81. The number of hydrogen-bond donors (Lipinski definition) is 2. The maximum absolute atomic E-state index is 9.47. The average molecular weight is 309 g/mol. The summed E-state index contributed by atoms with van der Waals surface area (Å²) in [7, 11) is 3.13. The first kappa shape index (κ1) is 15.1. The number of nitrogens with two attached hydrogens (primary N) is 1. The quantitative estimate of drug-likeness (QED) is 0.786. The van der Waals surface area contributed by atoms with E-state index in [9.17, 15) is 5.11 Å². The molecule has 1 fully saturated rings. The summed E-state index contributed by atoms with van der Waals surface area (Å²) in [5, 5.41) is 9.47. The van der Waals surface area contributed by atoms with Crippen molar-refractivity contribution in [2.45, 2.75) is 31.5 Å². The van der Waals surface area contributed by atoms with Crippen LogP contribution in [0.3, 0.4) is 0 Å². The lowest BCUT2D eigenvalue weighted by Gasteiger charge is -2.21. The highest BCUT2D eigenvalue weighted by Gasteiger charge is 2.46. The molecule has 1 saturated heterocycles. The molecule has 9 nitrogen and oxygen atoms in total. The smallest absolute Gasteiger partial charge is 0.167 e. The third kappa shape index (κ3) is 2.22. The van der Waals surface area contributed by atoms with Crippen LogP contribution < -0.4 is 5.73 Å². The highest BCUT2D eigenvalue weighted by atomic mass is 16.6. The lowest BCUT2D eigenvalue weighted by molar-refractivity contribution is -0.0583. The summed E-state index contributed by atoms with van der Waals surface area (Å²) in [5.74, 6) is 0.857. The monoisotopic (exact) mass is 309 g/mol. The van der Waals surface area contributed by atoms with E-state index in [-0.39, 0.29) is 6.61 Å². The molecule has 9 heteroatoms. The molecule has 0 amide bonds. The molecule has 1 aliphatic heterocycles. The minimum Gasteiger partial charge on any atom is -0.394 e. The van der Waals surface area contributed by atoms with Gasteiger partial charge in [-0.25, -0.2) is 15.0 Å². The predicted molar refractivity (Wildman–Crippen MR) is 77.1 cm³/mol. The average Bonchev–Trinajstić information content (AvgIpc) is 3.06. The lowest BCUT2D eigenvalue weighted by Crippen LogP contribution is -2.36. The first-order valence-corrected chi connectivity index (χ1v) is 6.89. The van der Waals surface area contributed by atoms with Crippen LogP contribution in [-0.2, 0) is 14.2 Å². The van der Waals surface area contributed by atoms with Gasteiger partial charge in [0, 0.05) is 14.2 Å². The molecule has 4 atom stereocenters. The zero-order valence-corrected chi connectivity index (χ0v) is 12.6. The topological polar surface area (TPSA) is 118 Å². The molecule has 3 heterocycles. The standard InChI is InChI=1S/C13H19N5O4/c1-6-16-11(14)8-12(17-6)18(5-15-8)13-10(21-3)9(20-2)7(4-19)22-13/h5,7,9-10,13,19H,4H2,1-3H3,(H2,14,16,17)/t7-,9-,10-,13-/m1/s1. The van der Waals surface area contributed by atoms with Crippen molar-refractivity contribution in [2.75, 3.05) is 26.6 Å². The van der Waals surface area contributed by atoms with Crippen molar-refractivity contribution in [3.8, 4) is 0 Å². The normalized spacial score (nSPS) is 28.5. The highest BCUT2D eigenvalue weighted by Crippen LogP contribution is 2.34. The summed E-state index contributed by atoms with van der Waals surface area (Å²) in [6.07, 6.45) is -0.226. The SMILES string of the molecule is CO[C@@H]1[C@H](OC)[C@@H](CO)O[C@H]1n1cnc2c(N)nc(C)nc21. The van der Waals surface area contributed by atoms with E-state index in [0.717, 1.165) is 0 Å². The van der Waals surface area contributed by atoms with Gasteiger partial charge in [-0.1, -0.05) is 0 Å². The third-order valence-corrected chi connectivity index (χ3v) is 3.84. The molecule has 0 unspecified atom stereocenters. The number of hydrogen-bond acceptors (Lipinski definition) is 8. The molecule has 3 rings (SSSR count). The number of aliphatic hydroxyl groups excluding tert-OH is 1. The van der Waals surface area contributed by atoms with E-state index in [1.807, 2.05) is 0 Å². The summed E-state index contributed by atoms with van der Waals surface area (Å²) >= 11 is 0. The van der Waals surface area contributed by atoms with Crippen LogP contribution in [0.25, 0.3) is 11.2 Å². The molecule has 0 saturated carbocycles. The second-order valence-corrected chi connectivity index (χ2v) is 5.13. The van der Waals surface area contributed by atoms with E-state index < -0.39 is 24.5 Å². The van der Waals surface area contributed by atoms with Crippen LogP contribution in [0.2, 0.25) is 0 Å². The van der Waals surface area contributed by atoms with Crippen LogP contribution in [0.4, 0.5) is 5.82 Å². The summed E-state index contributed by atoms with van der Waals surface area (Å²) < 4.78 is 18.5. The van der Waals surface area contributed by atoms with E-state index in [1.54, 1.807) is 32.0 Å². The van der Waals surface area contributed by atoms with Gasteiger partial charge < -0.3 is 25.1 Å². The van der Waals surface area contributed by atoms with Crippen molar-refractivity contribution in [3.05, 3.63) is 12.2 Å². The van der Waals surface area contributed by atoms with Crippen LogP contribution in [0.1, 0.15) is 12.1 Å². The number of anilines is 1. The van der Waals surface area contributed by atoms with Crippen molar-refractivity contribution in [1.82, 2.24) is 19.5 Å². The Bertz CT molecular complexity index is 676. The minimum absolute atomic E-state index is 0.169. The number of rotatable bonds is 4. The lowest BCUT2D eigenvalue weighted by atomic mass is 10.1. The Morgan fingerprint density at radius 2 is 2.05 bits per heavy atom. The van der Waals surface area contributed by atoms with Crippen molar-refractivity contribution in [1.29, 1.82) is 0 Å². The van der Waals surface area contributed by atoms with Gasteiger partial charge in [-0.3, -0.25) is 4.57 Å². The van der Waals surface area contributed by atoms with Crippen molar-refractivity contribution in [3.63, 3.8) is 0 Å². The van der Waals surface area contributed by atoms with Gasteiger partial charge in [-0.2, -0.15) is 0 Å². The molecule has 120 valence electrons. The van der Waals surface area contributed by atoms with E-state index in [0.29, 0.717) is 22.8 Å². The highest BCUT2D eigenvalue weighted by molar-refractivity contribution is 5.81. The Balaban J connectivity index is 2.07. The van der Waals surface area contributed by atoms with Crippen LogP contribution in [0.15, 0.2) is 6.33 Å². The number of nitrogens with zero attached hydrogens (tertiary/aromatic N) is 4. The summed E-state index contributed by atoms with van der Waals surface area (Å²) in [6.45, 7) is 1.59. The molecule has 0 bridgehead atoms. The first-order chi connectivity index (χ1) is 10.6. The van der Waals surface area contributed by atoms with Crippen molar-refractivity contribution >= 4 is 17.0 Å². The molecule has 2 aromatic heterocycles. The van der Waals surface area contributed by atoms with Gasteiger partial charge in [0.15, 0.2) is 17.7 Å². The fourth-order valence-electron chi connectivity index (χ4n) is 2.85. The van der Waals surface area contributed by atoms with Crippen LogP contribution >= 0.6 is 0 Å². The zero-order valence-electron chi connectivity index (χ0n) is 12.6. The molecule has 2 aromatic rings. The third-order valence-electron chi connectivity index (χ3n) is 3.84. The van der Waals surface area contributed by atoms with Gasteiger partial charge in [0.2, 0.25) is 0 Å². The van der Waals surface area contributed by atoms with E-state index >= 15 is 0 Å². The number of aliphatic hydroxyl groups is 1. The Labute approximate surface area is 127 Å². The number of ether oxygens (including phenoxy) is 3. The summed E-state index contributed by atoms with van der Waals surface area (Å²) in [4.78, 5) is 12.7. The van der Waals surface area contributed by atoms with Gasteiger partial charge >= 0.3 is 0 Å². The molecule has 0 aromatic carbocycles. The number of aryl methyl sites for hydroxylation is 1. The number of nitrogen functional groups attached to an aromatic ring is 1. The number of aromatic nitrogens is 4. The second kappa shape index (κ2) is 5.76. The molecule has 22 heavy (non-hydrogen) atoms. The Kier molecular flexibility index (Phi) is 3.96. The fourth-order valence-corrected chi connectivity index (χ4v) is 2.85. The summed E-state index contributed by atoms with van der Waals surface area (Å²) in [5.41, 5.74) is 6.95. The summed E-state index contributed by atoms with van der Waals surface area (Å²) in [6, 6.07) is 0. The van der Waals surface area contributed by atoms with Gasteiger partial charge in [0.25, 0.3) is 0 Å². The van der Waals surface area contributed by atoms with Crippen LogP contribution in [0, 0.1) is 6.92 Å². The van der Waals surface area contributed by atoms with Crippen LogP contribution in [-0.4, -0.2) is 63.8 Å². The molecular formula is C13H19N5O4. The largest absolute Gasteiger partial charge is 0.394 e. The predicted octanol–water partition coefficient (Wildman–Crippen LogP) is -0.363. The molecule has 1 aliphatic rings. The number of methoxy groups -OCH3 is 2. The maximum atomic E-state index is 9.47. The van der Waals surface area contributed by atoms with Crippen molar-refractivity contribution in [2.24, 2.45) is 0 Å². The number of fused-ring (bicyclic) bond motifs is 1. The van der Waals surface area contributed by atoms with Gasteiger partial charge in [-0.15, -0.1) is 0 Å². The fraction of sp³-hybridized carbons (Fsp3) is 0.615.